The summed E-state index contributed by atoms with van der Waals surface area (Å²) >= 11 is 0. The van der Waals surface area contributed by atoms with Crippen molar-refractivity contribution >= 4 is 43.0 Å². The maximum Gasteiger partial charge on any atom is 0.273 e. The predicted molar refractivity (Wildman–Crippen MR) is 155 cm³/mol. The van der Waals surface area contributed by atoms with Crippen LogP contribution in [-0.4, -0.2) is 65.8 Å². The number of sulfonamides is 2. The van der Waals surface area contributed by atoms with Crippen LogP contribution in [0.25, 0.3) is 0 Å². The van der Waals surface area contributed by atoms with Gasteiger partial charge in [0.25, 0.3) is 15.7 Å². The summed E-state index contributed by atoms with van der Waals surface area (Å²) in [5.41, 5.74) is -0.00755. The van der Waals surface area contributed by atoms with E-state index in [4.69, 9.17) is 9.47 Å². The number of carbonyl (C=O) groups excluding carboxylic acids is 1. The van der Waals surface area contributed by atoms with Crippen molar-refractivity contribution in [3.63, 3.8) is 0 Å². The minimum atomic E-state index is -4.50. The van der Waals surface area contributed by atoms with Gasteiger partial charge in [0.15, 0.2) is 0 Å². The SMILES string of the molecule is COc1ccc(N(CC(=O)Nc2cc(S(=O)(=O)N3CCCC3)ccc2OC)S(=O)(=O)c2ccc(C)c([N+](=O)[O-])c2)cc1. The summed E-state index contributed by atoms with van der Waals surface area (Å²) in [6, 6.07) is 13.4. The fourth-order valence-electron chi connectivity index (χ4n) is 4.48. The molecule has 1 N–H and O–H groups in total. The largest absolute Gasteiger partial charge is 0.497 e. The molecular weight excluding hydrogens is 588 g/mol. The Morgan fingerprint density at radius 1 is 0.952 bits per heavy atom. The summed E-state index contributed by atoms with van der Waals surface area (Å²) in [6.45, 7) is 1.51. The molecule has 13 nitrogen and oxygen atoms in total. The molecule has 0 bridgehead atoms. The second-order valence-electron chi connectivity index (χ2n) is 9.44. The van der Waals surface area contributed by atoms with Crippen molar-refractivity contribution in [2.45, 2.75) is 29.6 Å². The summed E-state index contributed by atoms with van der Waals surface area (Å²) in [5, 5.41) is 14.1. The van der Waals surface area contributed by atoms with E-state index in [-0.39, 0.29) is 32.5 Å². The van der Waals surface area contributed by atoms with Gasteiger partial charge in [-0.3, -0.25) is 19.2 Å². The molecule has 0 radical (unpaired) electrons. The van der Waals surface area contributed by atoms with Crippen LogP contribution in [-0.2, 0) is 24.8 Å². The van der Waals surface area contributed by atoms with Crippen molar-refractivity contribution < 1.29 is 36.0 Å². The van der Waals surface area contributed by atoms with Gasteiger partial charge in [0.1, 0.15) is 18.0 Å². The molecule has 0 spiro atoms. The maximum absolute atomic E-state index is 13.8. The Morgan fingerprint density at radius 2 is 1.60 bits per heavy atom. The van der Waals surface area contributed by atoms with Gasteiger partial charge in [-0.05, 0) is 68.3 Å². The number of nitrogens with zero attached hydrogens (tertiary/aromatic N) is 3. The molecule has 1 aliphatic heterocycles. The third kappa shape index (κ3) is 6.32. The highest BCUT2D eigenvalue weighted by molar-refractivity contribution is 7.92. The molecule has 3 aromatic rings. The van der Waals surface area contributed by atoms with Crippen molar-refractivity contribution in [3.05, 3.63) is 76.3 Å². The van der Waals surface area contributed by atoms with Crippen molar-refractivity contribution in [1.29, 1.82) is 0 Å². The smallest absolute Gasteiger partial charge is 0.273 e. The van der Waals surface area contributed by atoms with Crippen LogP contribution in [0.2, 0.25) is 0 Å². The van der Waals surface area contributed by atoms with E-state index in [2.05, 4.69) is 5.32 Å². The van der Waals surface area contributed by atoms with Gasteiger partial charge in [-0.25, -0.2) is 16.8 Å². The first-order valence-electron chi connectivity index (χ1n) is 12.8. The normalized spacial score (nSPS) is 13.9. The average Bonchev–Trinajstić information content (AvgIpc) is 3.52. The summed E-state index contributed by atoms with van der Waals surface area (Å²) in [6.07, 6.45) is 1.50. The van der Waals surface area contributed by atoms with Crippen LogP contribution >= 0.6 is 0 Å². The molecular formula is C27H30N4O9S2. The van der Waals surface area contributed by atoms with Crippen molar-refractivity contribution in [2.75, 3.05) is 43.5 Å². The van der Waals surface area contributed by atoms with Gasteiger partial charge < -0.3 is 14.8 Å². The Hall–Kier alpha value is -4.21. The number of rotatable bonds is 11. The standard InChI is InChI=1S/C27H30N4O9S2/c1-19-6-11-23(17-25(19)31(33)34)42(37,38)30(20-7-9-21(39-2)10-8-20)18-27(32)28-24-16-22(12-13-26(24)40-3)41(35,36)29-14-4-5-15-29/h6-13,16-17H,4-5,14-15,18H2,1-3H3,(H,28,32). The number of hydrogen-bond acceptors (Lipinski definition) is 9. The van der Waals surface area contributed by atoms with Crippen LogP contribution in [0.5, 0.6) is 11.5 Å². The average molecular weight is 619 g/mol. The number of methoxy groups -OCH3 is 2. The third-order valence-electron chi connectivity index (χ3n) is 6.76. The number of anilines is 2. The van der Waals surface area contributed by atoms with E-state index >= 15 is 0 Å². The zero-order chi connectivity index (χ0) is 30.7. The second-order valence-corrected chi connectivity index (χ2v) is 13.2. The molecule has 0 aliphatic carbocycles. The van der Waals surface area contributed by atoms with Crippen molar-refractivity contribution in [1.82, 2.24) is 4.31 Å². The lowest BCUT2D eigenvalue weighted by Crippen LogP contribution is -2.38. The number of amides is 1. The van der Waals surface area contributed by atoms with Gasteiger partial charge in [0, 0.05) is 24.7 Å². The number of nitro groups is 1. The van der Waals surface area contributed by atoms with Crippen LogP contribution in [0.15, 0.2) is 70.5 Å². The number of ether oxygens (including phenoxy) is 2. The zero-order valence-electron chi connectivity index (χ0n) is 23.1. The quantitative estimate of drug-likeness (QED) is 0.250. The van der Waals surface area contributed by atoms with Crippen LogP contribution in [0, 0.1) is 17.0 Å². The second kappa shape index (κ2) is 12.3. The lowest BCUT2D eigenvalue weighted by Gasteiger charge is -2.24. The Kier molecular flexibility index (Phi) is 9.03. The van der Waals surface area contributed by atoms with Crippen molar-refractivity contribution in [2.24, 2.45) is 0 Å². The number of nitro benzene ring substituents is 1. The minimum absolute atomic E-state index is 0.0285. The monoisotopic (exact) mass is 618 g/mol. The van der Waals surface area contributed by atoms with Crippen molar-refractivity contribution in [3.8, 4) is 11.5 Å². The van der Waals surface area contributed by atoms with E-state index < -0.39 is 43.1 Å². The molecule has 15 heteroatoms. The highest BCUT2D eigenvalue weighted by Gasteiger charge is 2.31. The number of hydrogen-bond donors (Lipinski definition) is 1. The summed E-state index contributed by atoms with van der Waals surface area (Å²) in [4.78, 5) is 23.7. The van der Waals surface area contributed by atoms with Gasteiger partial charge in [-0.15, -0.1) is 0 Å². The Bertz CT molecular complexity index is 1700. The van der Waals surface area contributed by atoms with Gasteiger partial charge in [-0.2, -0.15) is 4.31 Å². The minimum Gasteiger partial charge on any atom is -0.497 e. The van der Waals surface area contributed by atoms with E-state index in [1.54, 1.807) is 0 Å². The van der Waals surface area contributed by atoms with Crippen LogP contribution in [0.3, 0.4) is 0 Å². The third-order valence-corrected chi connectivity index (χ3v) is 10.4. The summed E-state index contributed by atoms with van der Waals surface area (Å²) in [5.74, 6) is -0.214. The Morgan fingerprint density at radius 3 is 2.19 bits per heavy atom. The van der Waals surface area contributed by atoms with E-state index in [0.717, 1.165) is 23.2 Å². The molecule has 1 amide bonds. The first kappa shape index (κ1) is 30.7. The number of carbonyl (C=O) groups is 1. The fourth-order valence-corrected chi connectivity index (χ4v) is 7.47. The van der Waals surface area contributed by atoms with Gasteiger partial charge in [0.2, 0.25) is 15.9 Å². The molecule has 1 heterocycles. The number of nitrogens with one attached hydrogen (secondary N) is 1. The maximum atomic E-state index is 13.8. The molecule has 0 saturated carbocycles. The number of benzene rings is 3. The fraction of sp³-hybridized carbons (Fsp3) is 0.296. The van der Waals surface area contributed by atoms with E-state index in [1.165, 1.54) is 80.0 Å². The molecule has 1 saturated heterocycles. The predicted octanol–water partition coefficient (Wildman–Crippen LogP) is 3.54. The highest BCUT2D eigenvalue weighted by atomic mass is 32.2. The lowest BCUT2D eigenvalue weighted by atomic mass is 10.2. The van der Waals surface area contributed by atoms with E-state index in [0.29, 0.717) is 18.8 Å². The Balaban J connectivity index is 1.70. The zero-order valence-corrected chi connectivity index (χ0v) is 24.8. The van der Waals surface area contributed by atoms with Gasteiger partial charge in [0.05, 0.1) is 40.3 Å². The van der Waals surface area contributed by atoms with Crippen LogP contribution in [0.1, 0.15) is 18.4 Å². The summed E-state index contributed by atoms with van der Waals surface area (Å²) < 4.78 is 66.4. The van der Waals surface area contributed by atoms with Gasteiger partial charge >= 0.3 is 0 Å². The molecule has 224 valence electrons. The first-order chi connectivity index (χ1) is 19.9. The molecule has 42 heavy (non-hydrogen) atoms. The number of aryl methyl sites for hydroxylation is 1. The molecule has 1 fully saturated rings. The Labute approximate surface area is 243 Å². The van der Waals surface area contributed by atoms with Crippen LogP contribution < -0.4 is 19.1 Å². The van der Waals surface area contributed by atoms with Gasteiger partial charge in [-0.1, -0.05) is 6.07 Å². The molecule has 0 unspecified atom stereocenters. The molecule has 0 atom stereocenters. The molecule has 4 rings (SSSR count). The first-order valence-corrected chi connectivity index (χ1v) is 15.7. The topological polar surface area (TPSA) is 165 Å². The molecule has 0 aromatic heterocycles. The molecule has 1 aliphatic rings. The van der Waals surface area contributed by atoms with E-state index in [1.807, 2.05) is 0 Å². The highest BCUT2D eigenvalue weighted by Crippen LogP contribution is 2.32. The summed E-state index contributed by atoms with van der Waals surface area (Å²) in [7, 11) is -5.53. The van der Waals surface area contributed by atoms with E-state index in [9.17, 15) is 31.7 Å². The van der Waals surface area contributed by atoms with Crippen LogP contribution in [0.4, 0.5) is 17.1 Å². The molecule has 3 aromatic carbocycles. The lowest BCUT2D eigenvalue weighted by molar-refractivity contribution is -0.385.